The zero-order chi connectivity index (χ0) is 13.6. The molecule has 0 unspecified atom stereocenters. The topological polar surface area (TPSA) is 138 Å². The first-order chi connectivity index (χ1) is 7.61. The summed E-state index contributed by atoms with van der Waals surface area (Å²) >= 11 is 0. The van der Waals surface area contributed by atoms with Crippen molar-refractivity contribution in [2.45, 2.75) is 13.0 Å². The molecular formula is C9H13NO6S. The van der Waals surface area contributed by atoms with Crippen molar-refractivity contribution in [2.24, 2.45) is 5.73 Å². The van der Waals surface area contributed by atoms with Crippen LogP contribution in [0.3, 0.4) is 0 Å². The van der Waals surface area contributed by atoms with E-state index in [0.717, 1.165) is 5.56 Å². The lowest BCUT2D eigenvalue weighted by Crippen LogP contribution is -2.05. The molecule has 1 aromatic carbocycles. The summed E-state index contributed by atoms with van der Waals surface area (Å²) in [4.78, 5) is 10.5. The molecule has 0 radical (unpaired) electrons. The number of benzene rings is 1. The van der Waals surface area contributed by atoms with Crippen LogP contribution in [0.5, 0.6) is 0 Å². The van der Waals surface area contributed by atoms with E-state index in [1.165, 1.54) is 0 Å². The number of carboxylic acids is 1. The average Bonchev–Trinajstić information content (AvgIpc) is 2.15. The molecule has 0 bridgehead atoms. The third-order valence-corrected chi connectivity index (χ3v) is 1.68. The molecule has 0 aliphatic carbocycles. The molecule has 17 heavy (non-hydrogen) atoms. The molecule has 0 heterocycles. The second-order valence-electron chi connectivity index (χ2n) is 3.16. The zero-order valence-electron chi connectivity index (χ0n) is 8.94. The van der Waals surface area contributed by atoms with E-state index in [4.69, 9.17) is 28.4 Å². The average molecular weight is 263 g/mol. The van der Waals surface area contributed by atoms with E-state index in [2.05, 4.69) is 0 Å². The molecule has 0 aromatic heterocycles. The van der Waals surface area contributed by atoms with Crippen molar-refractivity contribution in [1.29, 1.82) is 0 Å². The normalized spacial score (nSPS) is 12.2. The van der Waals surface area contributed by atoms with E-state index in [1.807, 2.05) is 6.92 Å². The molecule has 1 aromatic rings. The van der Waals surface area contributed by atoms with Gasteiger partial charge in [-0.15, -0.1) is 0 Å². The van der Waals surface area contributed by atoms with Crippen LogP contribution in [-0.4, -0.2) is 28.6 Å². The number of nitrogens with two attached hydrogens (primary N) is 1. The van der Waals surface area contributed by atoms with Gasteiger partial charge in [0.1, 0.15) is 0 Å². The standard InChI is InChI=1S/C9H11NO2.H2O4S/c1-6(10)7-2-4-8(5-3-7)9(11)12;1-5(2,3)4/h2-6H,10H2,1H3,(H,11,12);(H2,1,2,3,4)/t6-;/m0./s1. The van der Waals surface area contributed by atoms with Gasteiger partial charge in [-0.05, 0) is 24.6 Å². The molecule has 96 valence electrons. The Morgan fingerprint density at radius 1 is 1.24 bits per heavy atom. The fourth-order valence-corrected chi connectivity index (χ4v) is 0.929. The maximum atomic E-state index is 10.5. The Labute approximate surface area is 98.5 Å². The fraction of sp³-hybridized carbons (Fsp3) is 0.222. The quantitative estimate of drug-likeness (QED) is 0.577. The molecule has 0 spiro atoms. The Morgan fingerprint density at radius 3 is 1.82 bits per heavy atom. The van der Waals surface area contributed by atoms with Crippen LogP contribution in [0.1, 0.15) is 28.9 Å². The van der Waals surface area contributed by atoms with E-state index < -0.39 is 16.4 Å². The lowest BCUT2D eigenvalue weighted by Gasteiger charge is -2.04. The van der Waals surface area contributed by atoms with Crippen LogP contribution in [0.15, 0.2) is 24.3 Å². The second kappa shape index (κ2) is 6.30. The first-order valence-corrected chi connectivity index (χ1v) is 5.79. The van der Waals surface area contributed by atoms with Gasteiger partial charge in [0.05, 0.1) is 5.56 Å². The summed E-state index contributed by atoms with van der Waals surface area (Å²) in [6.45, 7) is 1.86. The number of aromatic carboxylic acids is 1. The predicted molar refractivity (Wildman–Crippen MR) is 60.2 cm³/mol. The Morgan fingerprint density at radius 2 is 1.59 bits per heavy atom. The monoisotopic (exact) mass is 263 g/mol. The number of rotatable bonds is 2. The maximum Gasteiger partial charge on any atom is 0.394 e. The van der Waals surface area contributed by atoms with Crippen LogP contribution in [0.4, 0.5) is 0 Å². The molecule has 7 nitrogen and oxygen atoms in total. The van der Waals surface area contributed by atoms with Crippen LogP contribution in [0.25, 0.3) is 0 Å². The van der Waals surface area contributed by atoms with E-state index in [9.17, 15) is 4.79 Å². The predicted octanol–water partition coefficient (Wildman–Crippen LogP) is 0.752. The van der Waals surface area contributed by atoms with Gasteiger partial charge in [0, 0.05) is 6.04 Å². The van der Waals surface area contributed by atoms with Gasteiger partial charge in [-0.3, -0.25) is 9.11 Å². The van der Waals surface area contributed by atoms with Crippen LogP contribution in [0, 0.1) is 0 Å². The van der Waals surface area contributed by atoms with Gasteiger partial charge in [-0.2, -0.15) is 8.42 Å². The minimum Gasteiger partial charge on any atom is -0.478 e. The summed E-state index contributed by atoms with van der Waals surface area (Å²) in [5.41, 5.74) is 6.83. The van der Waals surface area contributed by atoms with E-state index in [-0.39, 0.29) is 6.04 Å². The van der Waals surface area contributed by atoms with Gasteiger partial charge in [0.25, 0.3) is 0 Å². The Bertz CT molecular complexity index is 457. The minimum absolute atomic E-state index is 0.0483. The summed E-state index contributed by atoms with van der Waals surface area (Å²) in [6.07, 6.45) is 0. The van der Waals surface area contributed by atoms with Crippen molar-refractivity contribution in [3.63, 3.8) is 0 Å². The smallest absolute Gasteiger partial charge is 0.394 e. The van der Waals surface area contributed by atoms with Crippen molar-refractivity contribution in [2.75, 3.05) is 0 Å². The molecule has 1 rings (SSSR count). The minimum atomic E-state index is -4.67. The van der Waals surface area contributed by atoms with E-state index in [1.54, 1.807) is 24.3 Å². The molecule has 0 amide bonds. The molecule has 0 aliphatic heterocycles. The van der Waals surface area contributed by atoms with Gasteiger partial charge in [0.2, 0.25) is 0 Å². The van der Waals surface area contributed by atoms with E-state index >= 15 is 0 Å². The molecule has 5 N–H and O–H groups in total. The van der Waals surface area contributed by atoms with Crippen molar-refractivity contribution in [3.05, 3.63) is 35.4 Å². The molecule has 1 atom stereocenters. The van der Waals surface area contributed by atoms with Gasteiger partial charge in [-0.1, -0.05) is 12.1 Å². The molecule has 0 saturated carbocycles. The summed E-state index contributed by atoms with van der Waals surface area (Å²) in [5, 5.41) is 8.58. The number of hydrogen-bond acceptors (Lipinski definition) is 4. The third kappa shape index (κ3) is 8.34. The molecular weight excluding hydrogens is 250 g/mol. The van der Waals surface area contributed by atoms with Crippen molar-refractivity contribution >= 4 is 16.4 Å². The van der Waals surface area contributed by atoms with Crippen molar-refractivity contribution in [1.82, 2.24) is 0 Å². The molecule has 0 aliphatic rings. The molecule has 0 saturated heterocycles. The largest absolute Gasteiger partial charge is 0.478 e. The summed E-state index contributed by atoms with van der Waals surface area (Å²) in [6, 6.07) is 6.53. The number of hydrogen-bond donors (Lipinski definition) is 4. The second-order valence-corrected chi connectivity index (χ2v) is 4.06. The zero-order valence-corrected chi connectivity index (χ0v) is 9.76. The third-order valence-electron chi connectivity index (χ3n) is 1.68. The van der Waals surface area contributed by atoms with Crippen molar-refractivity contribution in [3.8, 4) is 0 Å². The lowest BCUT2D eigenvalue weighted by atomic mass is 10.1. The molecule has 0 fully saturated rings. The van der Waals surface area contributed by atoms with E-state index in [0.29, 0.717) is 5.56 Å². The maximum absolute atomic E-state index is 10.5. The van der Waals surface area contributed by atoms with Gasteiger partial charge >= 0.3 is 16.4 Å². The first-order valence-electron chi connectivity index (χ1n) is 4.40. The summed E-state index contributed by atoms with van der Waals surface area (Å²) in [7, 11) is -4.67. The Balaban J connectivity index is 0.000000437. The highest BCUT2D eigenvalue weighted by Gasteiger charge is 2.03. The van der Waals surface area contributed by atoms with Crippen molar-refractivity contribution < 1.29 is 27.4 Å². The number of carbonyl (C=O) groups is 1. The highest BCUT2D eigenvalue weighted by molar-refractivity contribution is 7.79. The lowest BCUT2D eigenvalue weighted by molar-refractivity contribution is 0.0697. The fourth-order valence-electron chi connectivity index (χ4n) is 0.929. The van der Waals surface area contributed by atoms with Gasteiger partial charge in [-0.25, -0.2) is 4.79 Å². The van der Waals surface area contributed by atoms with Crippen LogP contribution < -0.4 is 5.73 Å². The van der Waals surface area contributed by atoms with Gasteiger partial charge in [0.15, 0.2) is 0 Å². The first kappa shape index (κ1) is 15.5. The van der Waals surface area contributed by atoms with Crippen LogP contribution in [-0.2, 0) is 10.4 Å². The Kier molecular flexibility index (Phi) is 5.75. The highest BCUT2D eigenvalue weighted by Crippen LogP contribution is 2.10. The van der Waals surface area contributed by atoms with Crippen LogP contribution >= 0.6 is 0 Å². The highest BCUT2D eigenvalue weighted by atomic mass is 32.3. The number of carboxylic acid groups (broad SMARTS) is 1. The summed E-state index contributed by atoms with van der Waals surface area (Å²) in [5.74, 6) is -0.911. The molecule has 8 heteroatoms. The Hall–Kier alpha value is -1.48. The van der Waals surface area contributed by atoms with Gasteiger partial charge < -0.3 is 10.8 Å². The van der Waals surface area contributed by atoms with Crippen LogP contribution in [0.2, 0.25) is 0 Å². The SMILES string of the molecule is C[C@H](N)c1ccc(C(=O)O)cc1.O=S(=O)(O)O. The summed E-state index contributed by atoms with van der Waals surface area (Å²) < 4.78 is 31.6.